The van der Waals surface area contributed by atoms with Crippen LogP contribution in [0.1, 0.15) is 0 Å². The first kappa shape index (κ1) is 24.3. The fourth-order valence-electron chi connectivity index (χ4n) is 2.48. The molecule has 1 aromatic heterocycles. The van der Waals surface area contributed by atoms with Crippen LogP contribution >= 0.6 is 23.5 Å². The summed E-state index contributed by atoms with van der Waals surface area (Å²) in [4.78, 5) is 19.3. The molecular weight excluding hydrogens is 456 g/mol. The van der Waals surface area contributed by atoms with Gasteiger partial charge in [0.05, 0.1) is 0 Å². The maximum Gasteiger partial charge on any atom is 0.228 e. The monoisotopic (exact) mass is 482 g/mol. The van der Waals surface area contributed by atoms with Crippen molar-refractivity contribution < 1.29 is 0 Å². The summed E-state index contributed by atoms with van der Waals surface area (Å²) < 4.78 is 0. The minimum absolute atomic E-state index is 0.0148. The summed E-state index contributed by atoms with van der Waals surface area (Å²) in [6.45, 7) is 1.93. The number of hydrogen-bond donors (Lipinski definition) is 6. The van der Waals surface area contributed by atoms with Gasteiger partial charge in [0.1, 0.15) is 0 Å². The zero-order valence-corrected chi connectivity index (χ0v) is 19.5. The van der Waals surface area contributed by atoms with E-state index in [9.17, 15) is 0 Å². The fraction of sp³-hybridized carbons (Fsp3) is 0.190. The molecule has 0 unspecified atom stereocenters. The van der Waals surface area contributed by atoms with Gasteiger partial charge in [-0.3, -0.25) is 5.41 Å². The second kappa shape index (κ2) is 13.3. The standard InChI is InChI=1S/C21H26N10S2/c22-11-12-26-19-29-20(31-21(30-19)33-16-9-5-2-6-10-16)27-14-13-25-17(23)28-18(24)32-15-7-3-1-4-8-15/h1-10H,11-14,22H2,(H4,23,24,25,28)(H2,26,27,29,30,31). The van der Waals surface area contributed by atoms with Crippen molar-refractivity contribution in [3.63, 3.8) is 0 Å². The van der Waals surface area contributed by atoms with Gasteiger partial charge in [-0.05, 0) is 36.0 Å². The predicted octanol–water partition coefficient (Wildman–Crippen LogP) is 2.44. The first-order valence-electron chi connectivity index (χ1n) is 10.2. The molecule has 0 aliphatic carbocycles. The Labute approximate surface area is 201 Å². The van der Waals surface area contributed by atoms with Gasteiger partial charge in [0, 0.05) is 36.0 Å². The van der Waals surface area contributed by atoms with Crippen LogP contribution in [0.15, 0.2) is 80.6 Å². The average molecular weight is 483 g/mol. The normalized spacial score (nSPS) is 11.1. The lowest BCUT2D eigenvalue weighted by Gasteiger charge is -2.10. The quantitative estimate of drug-likeness (QED) is 0.109. The first-order chi connectivity index (χ1) is 16.1. The third kappa shape index (κ3) is 8.96. The minimum atomic E-state index is -0.0148. The van der Waals surface area contributed by atoms with Gasteiger partial charge in [-0.25, -0.2) is 0 Å². The average Bonchev–Trinajstić information content (AvgIpc) is 2.81. The van der Waals surface area contributed by atoms with Crippen LogP contribution in [-0.4, -0.2) is 52.3 Å². The first-order valence-corrected chi connectivity index (χ1v) is 11.8. The van der Waals surface area contributed by atoms with E-state index in [2.05, 4.69) is 35.9 Å². The number of nitrogens with two attached hydrogens (primary N) is 2. The fourth-order valence-corrected chi connectivity index (χ4v) is 3.92. The van der Waals surface area contributed by atoms with Gasteiger partial charge in [0.25, 0.3) is 0 Å². The van der Waals surface area contributed by atoms with Gasteiger partial charge in [0.2, 0.25) is 17.9 Å². The van der Waals surface area contributed by atoms with Crippen LogP contribution in [0.5, 0.6) is 0 Å². The van der Waals surface area contributed by atoms with E-state index in [-0.39, 0.29) is 5.96 Å². The van der Waals surface area contributed by atoms with Gasteiger partial charge in [-0.15, -0.1) is 0 Å². The van der Waals surface area contributed by atoms with Gasteiger partial charge in [-0.2, -0.15) is 19.9 Å². The molecule has 0 saturated carbocycles. The van der Waals surface area contributed by atoms with Crippen molar-refractivity contribution in [3.05, 3.63) is 60.7 Å². The molecule has 0 aliphatic heterocycles. The Morgan fingerprint density at radius 1 is 0.848 bits per heavy atom. The van der Waals surface area contributed by atoms with Crippen molar-refractivity contribution in [2.75, 3.05) is 36.8 Å². The molecule has 8 N–H and O–H groups in total. The van der Waals surface area contributed by atoms with Crippen molar-refractivity contribution >= 4 is 46.5 Å². The second-order valence-corrected chi connectivity index (χ2v) is 8.60. The van der Waals surface area contributed by atoms with Crippen LogP contribution in [0.2, 0.25) is 0 Å². The third-order valence-corrected chi connectivity index (χ3v) is 5.56. The Morgan fingerprint density at radius 2 is 1.45 bits per heavy atom. The number of aliphatic imine (C=N–C) groups is 1. The molecule has 3 rings (SSSR count). The van der Waals surface area contributed by atoms with Crippen molar-refractivity contribution in [1.29, 1.82) is 5.41 Å². The summed E-state index contributed by atoms with van der Waals surface area (Å²) in [6, 6.07) is 19.5. The van der Waals surface area contributed by atoms with E-state index in [1.165, 1.54) is 23.5 Å². The Hall–Kier alpha value is -3.35. The minimum Gasteiger partial charge on any atom is -0.378 e. The molecule has 3 aromatic rings. The number of hydrogen-bond acceptors (Lipinski definition) is 9. The van der Waals surface area contributed by atoms with Crippen molar-refractivity contribution in [2.24, 2.45) is 16.5 Å². The molecule has 172 valence electrons. The highest BCUT2D eigenvalue weighted by molar-refractivity contribution is 8.13. The van der Waals surface area contributed by atoms with Crippen molar-refractivity contribution in [2.45, 2.75) is 14.9 Å². The number of amidine groups is 1. The second-order valence-electron chi connectivity index (χ2n) is 6.46. The molecule has 0 saturated heterocycles. The zero-order valence-electron chi connectivity index (χ0n) is 17.9. The molecule has 0 radical (unpaired) electrons. The summed E-state index contributed by atoms with van der Waals surface area (Å²) in [7, 11) is 0. The number of nitrogens with one attached hydrogen (secondary N) is 4. The van der Waals surface area contributed by atoms with E-state index in [1.54, 1.807) is 0 Å². The topological polar surface area (TPSA) is 163 Å². The number of guanidine groups is 1. The summed E-state index contributed by atoms with van der Waals surface area (Å²) >= 11 is 2.75. The molecule has 0 atom stereocenters. The lowest BCUT2D eigenvalue weighted by molar-refractivity contribution is 0.850. The Bertz CT molecular complexity index is 1050. The van der Waals surface area contributed by atoms with E-state index < -0.39 is 0 Å². The molecule has 0 aliphatic rings. The van der Waals surface area contributed by atoms with Gasteiger partial charge >= 0.3 is 0 Å². The van der Waals surface area contributed by atoms with Gasteiger partial charge in [-0.1, -0.05) is 48.2 Å². The predicted molar refractivity (Wildman–Crippen MR) is 136 cm³/mol. The van der Waals surface area contributed by atoms with E-state index >= 15 is 0 Å². The van der Waals surface area contributed by atoms with E-state index in [0.29, 0.717) is 48.4 Å². The van der Waals surface area contributed by atoms with Crippen LogP contribution in [0.4, 0.5) is 11.9 Å². The molecule has 0 fully saturated rings. The molecular formula is C21H26N10S2. The summed E-state index contributed by atoms with van der Waals surface area (Å²) in [6.07, 6.45) is 0. The molecule has 0 bridgehead atoms. The number of aromatic nitrogens is 3. The Morgan fingerprint density at radius 3 is 2.09 bits per heavy atom. The third-order valence-electron chi connectivity index (χ3n) is 3.88. The largest absolute Gasteiger partial charge is 0.378 e. The summed E-state index contributed by atoms with van der Waals surface area (Å²) in [5, 5.41) is 17.9. The lowest BCUT2D eigenvalue weighted by Crippen LogP contribution is -2.28. The maximum absolute atomic E-state index is 7.95. The molecule has 33 heavy (non-hydrogen) atoms. The highest BCUT2D eigenvalue weighted by Crippen LogP contribution is 2.25. The maximum atomic E-state index is 7.95. The van der Waals surface area contributed by atoms with Crippen LogP contribution in [-0.2, 0) is 0 Å². The van der Waals surface area contributed by atoms with E-state index in [0.717, 1.165) is 9.79 Å². The SMILES string of the molecule is N=C(/N=C(\N)Sc1ccccc1)NCCNc1nc(NCCN)nc(Sc2ccccc2)n1. The van der Waals surface area contributed by atoms with E-state index in [4.69, 9.17) is 16.9 Å². The number of nitrogens with zero attached hydrogens (tertiary/aromatic N) is 4. The smallest absolute Gasteiger partial charge is 0.228 e. The number of anilines is 2. The van der Waals surface area contributed by atoms with Crippen LogP contribution < -0.4 is 27.4 Å². The number of thioether (sulfide) groups is 1. The molecule has 12 heteroatoms. The molecule has 1 heterocycles. The highest BCUT2D eigenvalue weighted by atomic mass is 32.2. The summed E-state index contributed by atoms with van der Waals surface area (Å²) in [5.41, 5.74) is 11.5. The highest BCUT2D eigenvalue weighted by Gasteiger charge is 2.08. The zero-order chi connectivity index (χ0) is 23.3. The Balaban J connectivity index is 1.52. The molecule has 10 nitrogen and oxygen atoms in total. The molecule has 0 amide bonds. The van der Waals surface area contributed by atoms with E-state index in [1.807, 2.05) is 60.7 Å². The summed E-state index contributed by atoms with van der Waals surface area (Å²) in [5.74, 6) is 0.866. The van der Waals surface area contributed by atoms with Crippen LogP contribution in [0.25, 0.3) is 0 Å². The molecule has 0 spiro atoms. The Kier molecular flexibility index (Phi) is 9.76. The van der Waals surface area contributed by atoms with Crippen LogP contribution in [0, 0.1) is 5.41 Å². The van der Waals surface area contributed by atoms with Crippen LogP contribution in [0.3, 0.4) is 0 Å². The number of rotatable bonds is 10. The van der Waals surface area contributed by atoms with Crippen molar-refractivity contribution in [1.82, 2.24) is 20.3 Å². The van der Waals surface area contributed by atoms with Crippen molar-refractivity contribution in [3.8, 4) is 0 Å². The van der Waals surface area contributed by atoms with Gasteiger partial charge < -0.3 is 27.4 Å². The molecule has 2 aromatic carbocycles. The number of benzene rings is 2. The van der Waals surface area contributed by atoms with Gasteiger partial charge in [0.15, 0.2) is 10.3 Å². The lowest BCUT2D eigenvalue weighted by atomic mass is 10.4.